The molecular weight excluding hydrogens is 282 g/mol. The van der Waals surface area contributed by atoms with Gasteiger partial charge < -0.3 is 19.3 Å². The maximum atomic E-state index is 10.7. The molecule has 1 aromatic heterocycles. The van der Waals surface area contributed by atoms with Crippen LogP contribution in [-0.2, 0) is 0 Å². The number of benzene rings is 1. The Balaban J connectivity index is 2.54. The van der Waals surface area contributed by atoms with Crippen LogP contribution >= 0.6 is 0 Å². The van der Waals surface area contributed by atoms with Gasteiger partial charge in [0.05, 0.1) is 27.0 Å². The van der Waals surface area contributed by atoms with E-state index < -0.39 is 6.10 Å². The van der Waals surface area contributed by atoms with Crippen molar-refractivity contribution < 1.29 is 19.3 Å². The van der Waals surface area contributed by atoms with Crippen molar-refractivity contribution in [2.75, 3.05) is 21.3 Å². The number of aliphatic hydroxyl groups is 1. The van der Waals surface area contributed by atoms with Crippen LogP contribution in [0.4, 0.5) is 0 Å². The number of aromatic nitrogens is 1. The van der Waals surface area contributed by atoms with Gasteiger partial charge in [-0.25, -0.2) is 0 Å². The predicted octanol–water partition coefficient (Wildman–Crippen LogP) is 2.81. The van der Waals surface area contributed by atoms with E-state index in [2.05, 4.69) is 4.98 Å². The first kappa shape index (κ1) is 16.1. The van der Waals surface area contributed by atoms with E-state index in [4.69, 9.17) is 14.2 Å². The molecule has 0 spiro atoms. The highest BCUT2D eigenvalue weighted by atomic mass is 16.5. The van der Waals surface area contributed by atoms with E-state index in [1.54, 1.807) is 39.7 Å². The number of nitrogens with zero attached hydrogens (tertiary/aromatic N) is 1. The number of hydrogen-bond donors (Lipinski definition) is 1. The third kappa shape index (κ3) is 2.85. The molecule has 0 aliphatic carbocycles. The average Bonchev–Trinajstić information content (AvgIpc) is 2.55. The van der Waals surface area contributed by atoms with Crippen molar-refractivity contribution in [2.45, 2.75) is 20.0 Å². The minimum Gasteiger partial charge on any atom is -0.493 e. The zero-order valence-electron chi connectivity index (χ0n) is 13.5. The lowest BCUT2D eigenvalue weighted by molar-refractivity contribution is 0.212. The molecule has 1 unspecified atom stereocenters. The first-order valence-corrected chi connectivity index (χ1v) is 6.93. The summed E-state index contributed by atoms with van der Waals surface area (Å²) in [6.07, 6.45) is 0.826. The van der Waals surface area contributed by atoms with Gasteiger partial charge in [0.1, 0.15) is 6.10 Å². The van der Waals surface area contributed by atoms with E-state index >= 15 is 0 Å². The summed E-state index contributed by atoms with van der Waals surface area (Å²) in [4.78, 5) is 4.31. The van der Waals surface area contributed by atoms with Gasteiger partial charge in [-0.15, -0.1) is 0 Å². The first-order chi connectivity index (χ1) is 10.5. The molecule has 0 bridgehead atoms. The molecule has 0 saturated heterocycles. The van der Waals surface area contributed by atoms with E-state index in [1.807, 2.05) is 19.9 Å². The van der Waals surface area contributed by atoms with Gasteiger partial charge >= 0.3 is 0 Å². The Morgan fingerprint density at radius 2 is 1.59 bits per heavy atom. The van der Waals surface area contributed by atoms with Gasteiger partial charge in [0, 0.05) is 6.20 Å². The summed E-state index contributed by atoms with van der Waals surface area (Å²) in [6, 6.07) is 5.38. The molecule has 22 heavy (non-hydrogen) atoms. The Bertz CT molecular complexity index is 645. The quantitative estimate of drug-likeness (QED) is 0.920. The van der Waals surface area contributed by atoms with Gasteiger partial charge in [0.25, 0.3) is 0 Å². The molecular formula is C17H21NO4. The van der Waals surface area contributed by atoms with Gasteiger partial charge in [-0.1, -0.05) is 0 Å². The van der Waals surface area contributed by atoms with Crippen molar-refractivity contribution in [3.05, 3.63) is 46.8 Å². The van der Waals surface area contributed by atoms with E-state index in [0.717, 1.165) is 11.1 Å². The molecule has 0 fully saturated rings. The maximum absolute atomic E-state index is 10.7. The number of hydrogen-bond acceptors (Lipinski definition) is 5. The van der Waals surface area contributed by atoms with Gasteiger partial charge in [-0.05, 0) is 48.7 Å². The van der Waals surface area contributed by atoms with Crippen molar-refractivity contribution in [1.82, 2.24) is 4.98 Å². The largest absolute Gasteiger partial charge is 0.493 e. The molecule has 0 aliphatic rings. The standard InChI is InChI=1S/C17H21NO4/c1-10-6-7-18-15(11(10)2)16(19)12-8-13(20-3)17(22-5)14(9-12)21-4/h6-9,16,19H,1-5H3. The highest BCUT2D eigenvalue weighted by molar-refractivity contribution is 5.55. The molecule has 0 radical (unpaired) electrons. The van der Waals surface area contributed by atoms with Crippen molar-refractivity contribution in [1.29, 1.82) is 0 Å². The molecule has 2 aromatic rings. The molecule has 0 saturated carbocycles. The number of pyridine rings is 1. The van der Waals surface area contributed by atoms with Crippen molar-refractivity contribution in [2.24, 2.45) is 0 Å². The van der Waals surface area contributed by atoms with Crippen LogP contribution in [0.25, 0.3) is 0 Å². The molecule has 0 amide bonds. The van der Waals surface area contributed by atoms with Crippen molar-refractivity contribution in [3.63, 3.8) is 0 Å². The Hall–Kier alpha value is -2.27. The van der Waals surface area contributed by atoms with Gasteiger partial charge in [-0.3, -0.25) is 4.98 Å². The summed E-state index contributed by atoms with van der Waals surface area (Å²) in [7, 11) is 4.63. The number of methoxy groups -OCH3 is 3. The second-order valence-electron chi connectivity index (χ2n) is 5.00. The maximum Gasteiger partial charge on any atom is 0.203 e. The Kier molecular flexibility index (Phi) is 4.88. The molecule has 1 aromatic carbocycles. The van der Waals surface area contributed by atoms with Crippen LogP contribution in [0.2, 0.25) is 0 Å². The smallest absolute Gasteiger partial charge is 0.203 e. The third-order valence-electron chi connectivity index (χ3n) is 3.78. The van der Waals surface area contributed by atoms with Crippen molar-refractivity contribution >= 4 is 0 Å². The summed E-state index contributed by atoms with van der Waals surface area (Å²) in [5.74, 6) is 1.50. The molecule has 1 heterocycles. The Morgan fingerprint density at radius 3 is 2.09 bits per heavy atom. The SMILES string of the molecule is COc1cc(C(O)c2nccc(C)c2C)cc(OC)c1OC. The normalized spacial score (nSPS) is 11.9. The van der Waals surface area contributed by atoms with E-state index in [0.29, 0.717) is 28.5 Å². The first-order valence-electron chi connectivity index (χ1n) is 6.93. The van der Waals surface area contributed by atoms with Crippen LogP contribution in [0.1, 0.15) is 28.5 Å². The molecule has 1 atom stereocenters. The molecule has 5 heteroatoms. The summed E-state index contributed by atoms with van der Waals surface area (Å²) in [5, 5.41) is 10.7. The highest BCUT2D eigenvalue weighted by Crippen LogP contribution is 2.40. The Morgan fingerprint density at radius 1 is 1.00 bits per heavy atom. The lowest BCUT2D eigenvalue weighted by Crippen LogP contribution is -2.07. The van der Waals surface area contributed by atoms with Crippen LogP contribution in [-0.4, -0.2) is 31.4 Å². The highest BCUT2D eigenvalue weighted by Gasteiger charge is 2.20. The third-order valence-corrected chi connectivity index (χ3v) is 3.78. The minimum atomic E-state index is -0.867. The fourth-order valence-electron chi connectivity index (χ4n) is 2.35. The van der Waals surface area contributed by atoms with Crippen LogP contribution < -0.4 is 14.2 Å². The van der Waals surface area contributed by atoms with Crippen LogP contribution in [0, 0.1) is 13.8 Å². The average molecular weight is 303 g/mol. The molecule has 2 rings (SSSR count). The monoisotopic (exact) mass is 303 g/mol. The predicted molar refractivity (Wildman–Crippen MR) is 83.9 cm³/mol. The zero-order chi connectivity index (χ0) is 16.3. The summed E-state index contributed by atoms with van der Waals surface area (Å²) in [5.41, 5.74) is 3.30. The second-order valence-corrected chi connectivity index (χ2v) is 5.00. The Labute approximate surface area is 130 Å². The fourth-order valence-corrected chi connectivity index (χ4v) is 2.35. The van der Waals surface area contributed by atoms with Gasteiger partial charge in [-0.2, -0.15) is 0 Å². The molecule has 1 N–H and O–H groups in total. The van der Waals surface area contributed by atoms with Crippen molar-refractivity contribution in [3.8, 4) is 17.2 Å². The van der Waals surface area contributed by atoms with E-state index in [1.165, 1.54) is 0 Å². The van der Waals surface area contributed by atoms with Crippen LogP contribution in [0.5, 0.6) is 17.2 Å². The lowest BCUT2D eigenvalue weighted by Gasteiger charge is -2.18. The summed E-state index contributed by atoms with van der Waals surface area (Å²) < 4.78 is 15.9. The van der Waals surface area contributed by atoms with Crippen LogP contribution in [0.3, 0.4) is 0 Å². The number of ether oxygens (including phenoxy) is 3. The van der Waals surface area contributed by atoms with Crippen LogP contribution in [0.15, 0.2) is 24.4 Å². The summed E-state index contributed by atoms with van der Waals surface area (Å²) in [6.45, 7) is 3.93. The lowest BCUT2D eigenvalue weighted by atomic mass is 9.99. The molecule has 5 nitrogen and oxygen atoms in total. The number of aryl methyl sites for hydroxylation is 1. The zero-order valence-corrected chi connectivity index (χ0v) is 13.5. The topological polar surface area (TPSA) is 60.8 Å². The van der Waals surface area contributed by atoms with E-state index in [9.17, 15) is 5.11 Å². The van der Waals surface area contributed by atoms with E-state index in [-0.39, 0.29) is 0 Å². The fraction of sp³-hybridized carbons (Fsp3) is 0.353. The number of aliphatic hydroxyl groups excluding tert-OH is 1. The van der Waals surface area contributed by atoms with Gasteiger partial charge in [0.2, 0.25) is 5.75 Å². The number of rotatable bonds is 5. The molecule has 118 valence electrons. The van der Waals surface area contributed by atoms with Gasteiger partial charge in [0.15, 0.2) is 11.5 Å². The summed E-state index contributed by atoms with van der Waals surface area (Å²) >= 11 is 0. The minimum absolute atomic E-state index is 0.495. The second kappa shape index (κ2) is 6.66. The molecule has 0 aliphatic heterocycles.